The number of fused-ring (bicyclic) bond motifs is 1. The van der Waals surface area contributed by atoms with Gasteiger partial charge in [0.1, 0.15) is 5.82 Å². The number of nitrogens with zero attached hydrogens (tertiary/aromatic N) is 2. The lowest BCUT2D eigenvalue weighted by atomic mass is 9.85. The molecule has 1 aromatic heterocycles. The van der Waals surface area contributed by atoms with Gasteiger partial charge in [0.05, 0.1) is 0 Å². The molecule has 0 spiro atoms. The van der Waals surface area contributed by atoms with Crippen molar-refractivity contribution < 1.29 is 0 Å². The van der Waals surface area contributed by atoms with Crippen LogP contribution in [-0.2, 0) is 6.54 Å². The second kappa shape index (κ2) is 4.65. The first-order chi connectivity index (χ1) is 8.38. The monoisotopic (exact) mass is 231 g/mol. The van der Waals surface area contributed by atoms with E-state index in [9.17, 15) is 0 Å². The lowest BCUT2D eigenvalue weighted by Crippen LogP contribution is -2.35. The van der Waals surface area contributed by atoms with E-state index in [0.29, 0.717) is 6.54 Å². The fraction of sp³-hybridized carbons (Fsp3) is 0.643. The van der Waals surface area contributed by atoms with Gasteiger partial charge in [-0.1, -0.05) is 12.8 Å². The minimum atomic E-state index is 0.609. The molecule has 2 unspecified atom stereocenters. The van der Waals surface area contributed by atoms with E-state index in [2.05, 4.69) is 16.0 Å². The van der Waals surface area contributed by atoms with Gasteiger partial charge >= 0.3 is 0 Å². The van der Waals surface area contributed by atoms with Crippen LogP contribution < -0.4 is 10.6 Å². The molecule has 0 amide bonds. The summed E-state index contributed by atoms with van der Waals surface area (Å²) in [6.45, 7) is 1.79. The van der Waals surface area contributed by atoms with Crippen LogP contribution in [0.25, 0.3) is 0 Å². The van der Waals surface area contributed by atoms with Crippen LogP contribution in [0, 0.1) is 5.92 Å². The molecule has 1 saturated carbocycles. The van der Waals surface area contributed by atoms with E-state index in [4.69, 9.17) is 5.73 Å². The van der Waals surface area contributed by atoms with Gasteiger partial charge in [-0.3, -0.25) is 0 Å². The van der Waals surface area contributed by atoms with Gasteiger partial charge in [0, 0.05) is 25.3 Å². The summed E-state index contributed by atoms with van der Waals surface area (Å²) in [7, 11) is 0. The van der Waals surface area contributed by atoms with Gasteiger partial charge < -0.3 is 10.6 Å². The van der Waals surface area contributed by atoms with Crippen molar-refractivity contribution in [2.45, 2.75) is 44.7 Å². The standard InChI is InChI=1S/C14H21N3/c15-10-11-5-7-16-14(9-11)17-8-6-12-3-1-2-4-13(12)17/h5,7,9,12-13H,1-4,6,8,10,15H2. The Balaban J connectivity index is 1.83. The number of hydrogen-bond acceptors (Lipinski definition) is 3. The van der Waals surface area contributed by atoms with Crippen LogP contribution in [0.15, 0.2) is 18.3 Å². The molecule has 3 nitrogen and oxygen atoms in total. The summed E-state index contributed by atoms with van der Waals surface area (Å²) in [5.74, 6) is 2.05. The van der Waals surface area contributed by atoms with Crippen LogP contribution in [-0.4, -0.2) is 17.6 Å². The number of nitrogens with two attached hydrogens (primary N) is 1. The number of pyridine rings is 1. The minimum absolute atomic E-state index is 0.609. The highest BCUT2D eigenvalue weighted by Crippen LogP contribution is 2.38. The molecule has 17 heavy (non-hydrogen) atoms. The lowest BCUT2D eigenvalue weighted by Gasteiger charge is -2.32. The van der Waals surface area contributed by atoms with Crippen molar-refractivity contribution in [1.29, 1.82) is 0 Å². The van der Waals surface area contributed by atoms with Gasteiger partial charge in [0.25, 0.3) is 0 Å². The van der Waals surface area contributed by atoms with Crippen LogP contribution in [0.2, 0.25) is 0 Å². The highest BCUT2D eigenvalue weighted by Gasteiger charge is 2.36. The van der Waals surface area contributed by atoms with Gasteiger partial charge in [-0.25, -0.2) is 4.98 Å². The van der Waals surface area contributed by atoms with Gasteiger partial charge in [0.2, 0.25) is 0 Å². The molecule has 1 saturated heterocycles. The van der Waals surface area contributed by atoms with Gasteiger partial charge in [-0.05, 0) is 42.9 Å². The molecule has 3 rings (SSSR count). The first-order valence-corrected chi connectivity index (χ1v) is 6.80. The maximum Gasteiger partial charge on any atom is 0.129 e. The summed E-state index contributed by atoms with van der Waals surface area (Å²) < 4.78 is 0. The van der Waals surface area contributed by atoms with Crippen molar-refractivity contribution in [3.63, 3.8) is 0 Å². The van der Waals surface area contributed by atoms with E-state index in [-0.39, 0.29) is 0 Å². The zero-order valence-electron chi connectivity index (χ0n) is 10.3. The zero-order chi connectivity index (χ0) is 11.7. The highest BCUT2D eigenvalue weighted by molar-refractivity contribution is 5.43. The molecular formula is C14H21N3. The molecular weight excluding hydrogens is 210 g/mol. The maximum atomic E-state index is 5.70. The lowest BCUT2D eigenvalue weighted by molar-refractivity contribution is 0.341. The molecule has 1 aliphatic carbocycles. The zero-order valence-corrected chi connectivity index (χ0v) is 10.3. The Hall–Kier alpha value is -1.09. The predicted molar refractivity (Wildman–Crippen MR) is 69.8 cm³/mol. The van der Waals surface area contributed by atoms with Crippen molar-refractivity contribution in [3.8, 4) is 0 Å². The summed E-state index contributed by atoms with van der Waals surface area (Å²) in [4.78, 5) is 7.05. The van der Waals surface area contributed by atoms with Crippen LogP contribution >= 0.6 is 0 Å². The summed E-state index contributed by atoms with van der Waals surface area (Å²) in [5.41, 5.74) is 6.89. The first kappa shape index (κ1) is 11.0. The second-order valence-corrected chi connectivity index (χ2v) is 5.32. The molecule has 1 aliphatic heterocycles. The van der Waals surface area contributed by atoms with Crippen LogP contribution in [0.4, 0.5) is 5.82 Å². The molecule has 2 N–H and O–H groups in total. The summed E-state index contributed by atoms with van der Waals surface area (Å²) in [6.07, 6.45) is 8.81. The third-order valence-corrected chi connectivity index (χ3v) is 4.35. The molecule has 92 valence electrons. The van der Waals surface area contributed by atoms with Crippen LogP contribution in [0.3, 0.4) is 0 Å². The van der Waals surface area contributed by atoms with E-state index in [1.54, 1.807) is 0 Å². The van der Waals surface area contributed by atoms with E-state index >= 15 is 0 Å². The summed E-state index contributed by atoms with van der Waals surface area (Å²) in [6, 6.07) is 4.92. The fourth-order valence-corrected chi connectivity index (χ4v) is 3.43. The normalized spacial score (nSPS) is 28.2. The van der Waals surface area contributed by atoms with E-state index in [0.717, 1.165) is 17.8 Å². The Morgan fingerprint density at radius 1 is 1.29 bits per heavy atom. The predicted octanol–water partition coefficient (Wildman–Crippen LogP) is 2.31. The molecule has 1 aromatic rings. The third-order valence-electron chi connectivity index (χ3n) is 4.35. The number of hydrogen-bond donors (Lipinski definition) is 1. The Kier molecular flexibility index (Phi) is 3.02. The molecule has 2 aliphatic rings. The average Bonchev–Trinajstić information content (AvgIpc) is 2.82. The van der Waals surface area contributed by atoms with E-state index < -0.39 is 0 Å². The second-order valence-electron chi connectivity index (χ2n) is 5.32. The van der Waals surface area contributed by atoms with Gasteiger partial charge in [-0.2, -0.15) is 0 Å². The maximum absolute atomic E-state index is 5.70. The molecule has 2 atom stereocenters. The Morgan fingerprint density at radius 2 is 2.18 bits per heavy atom. The molecule has 0 radical (unpaired) electrons. The number of anilines is 1. The smallest absolute Gasteiger partial charge is 0.129 e. The van der Waals surface area contributed by atoms with E-state index in [1.807, 2.05) is 12.3 Å². The fourth-order valence-electron chi connectivity index (χ4n) is 3.43. The number of aromatic nitrogens is 1. The minimum Gasteiger partial charge on any atom is -0.353 e. The average molecular weight is 231 g/mol. The van der Waals surface area contributed by atoms with Crippen LogP contribution in [0.1, 0.15) is 37.7 Å². The number of rotatable bonds is 2. The Morgan fingerprint density at radius 3 is 3.06 bits per heavy atom. The van der Waals surface area contributed by atoms with Crippen LogP contribution in [0.5, 0.6) is 0 Å². The molecule has 2 heterocycles. The van der Waals surface area contributed by atoms with Crippen molar-refractivity contribution in [1.82, 2.24) is 4.98 Å². The Bertz CT molecular complexity index is 391. The topological polar surface area (TPSA) is 42.1 Å². The van der Waals surface area contributed by atoms with Crippen molar-refractivity contribution in [3.05, 3.63) is 23.9 Å². The third kappa shape index (κ3) is 2.04. The molecule has 0 bridgehead atoms. The largest absolute Gasteiger partial charge is 0.353 e. The van der Waals surface area contributed by atoms with Gasteiger partial charge in [-0.15, -0.1) is 0 Å². The Labute approximate surface area is 103 Å². The molecule has 3 heteroatoms. The quantitative estimate of drug-likeness (QED) is 0.849. The van der Waals surface area contributed by atoms with Crippen molar-refractivity contribution >= 4 is 5.82 Å². The molecule has 2 fully saturated rings. The SMILES string of the molecule is NCc1ccnc(N2CCC3CCCCC32)c1. The highest BCUT2D eigenvalue weighted by atomic mass is 15.2. The van der Waals surface area contributed by atoms with Crippen molar-refractivity contribution in [2.75, 3.05) is 11.4 Å². The van der Waals surface area contributed by atoms with Crippen molar-refractivity contribution in [2.24, 2.45) is 11.7 Å². The van der Waals surface area contributed by atoms with Gasteiger partial charge in [0.15, 0.2) is 0 Å². The molecule has 0 aromatic carbocycles. The first-order valence-electron chi connectivity index (χ1n) is 6.80. The van der Waals surface area contributed by atoms with E-state index in [1.165, 1.54) is 44.2 Å². The summed E-state index contributed by atoms with van der Waals surface area (Å²) >= 11 is 0. The summed E-state index contributed by atoms with van der Waals surface area (Å²) in [5, 5.41) is 0.